The summed E-state index contributed by atoms with van der Waals surface area (Å²) in [6.07, 6.45) is 2.75. The number of benzene rings is 1. The predicted octanol–water partition coefficient (Wildman–Crippen LogP) is 1.07. The van der Waals surface area contributed by atoms with Gasteiger partial charge in [0.25, 0.3) is 0 Å². The molecular weight excluding hydrogens is 238 g/mol. The zero-order valence-electron chi connectivity index (χ0n) is 9.58. The van der Waals surface area contributed by atoms with Crippen LogP contribution in [0.3, 0.4) is 0 Å². The van der Waals surface area contributed by atoms with Gasteiger partial charge in [0.2, 0.25) is 0 Å². The van der Waals surface area contributed by atoms with Crippen LogP contribution in [0.25, 0.3) is 11.1 Å². The van der Waals surface area contributed by atoms with E-state index in [0.717, 1.165) is 0 Å². The highest BCUT2D eigenvalue weighted by Gasteiger charge is 2.17. The second-order valence-electron chi connectivity index (χ2n) is 3.84. The van der Waals surface area contributed by atoms with Crippen molar-refractivity contribution in [2.75, 3.05) is 12.0 Å². The first-order chi connectivity index (χ1) is 7.91. The van der Waals surface area contributed by atoms with E-state index in [-0.39, 0.29) is 4.90 Å². The summed E-state index contributed by atoms with van der Waals surface area (Å²) in [5.41, 5.74) is 7.07. The molecule has 0 fully saturated rings. The molecule has 6 heteroatoms. The van der Waals surface area contributed by atoms with E-state index in [0.29, 0.717) is 16.9 Å². The number of rotatable bonds is 2. The van der Waals surface area contributed by atoms with E-state index in [2.05, 4.69) is 5.10 Å². The van der Waals surface area contributed by atoms with Crippen molar-refractivity contribution < 1.29 is 8.42 Å². The van der Waals surface area contributed by atoms with Crippen molar-refractivity contribution >= 4 is 15.7 Å². The standard InChI is InChI=1S/C11H13N3O2S/c1-14-11(12)9(7-13-14)8-5-3-4-6-10(8)17(2,15)16/h3-7H,12H2,1-2H3. The Bertz CT molecular complexity index is 659. The van der Waals surface area contributed by atoms with E-state index in [1.165, 1.54) is 10.9 Å². The maximum Gasteiger partial charge on any atom is 0.176 e. The molecule has 0 aliphatic heterocycles. The van der Waals surface area contributed by atoms with E-state index in [1.54, 1.807) is 37.5 Å². The molecule has 2 N–H and O–H groups in total. The fourth-order valence-electron chi connectivity index (χ4n) is 1.67. The maximum atomic E-state index is 11.7. The monoisotopic (exact) mass is 251 g/mol. The van der Waals surface area contributed by atoms with Crippen molar-refractivity contribution in [2.45, 2.75) is 4.90 Å². The van der Waals surface area contributed by atoms with E-state index in [9.17, 15) is 8.42 Å². The van der Waals surface area contributed by atoms with Gasteiger partial charge in [-0.05, 0) is 6.07 Å². The number of anilines is 1. The SMILES string of the molecule is Cn1ncc(-c2ccccc2S(C)(=O)=O)c1N. The number of nitrogen functional groups attached to an aromatic ring is 1. The molecule has 0 unspecified atom stereocenters. The third-order valence-electron chi connectivity index (χ3n) is 2.56. The van der Waals surface area contributed by atoms with Crippen LogP contribution in [0, 0.1) is 0 Å². The third-order valence-corrected chi connectivity index (χ3v) is 3.72. The quantitative estimate of drug-likeness (QED) is 0.866. The summed E-state index contributed by atoms with van der Waals surface area (Å²) < 4.78 is 24.9. The van der Waals surface area contributed by atoms with Gasteiger partial charge in [-0.15, -0.1) is 0 Å². The topological polar surface area (TPSA) is 78.0 Å². The van der Waals surface area contributed by atoms with Crippen LogP contribution in [0.2, 0.25) is 0 Å². The summed E-state index contributed by atoms with van der Waals surface area (Å²) in [6.45, 7) is 0. The first kappa shape index (κ1) is 11.7. The van der Waals surface area contributed by atoms with Gasteiger partial charge in [-0.2, -0.15) is 5.10 Å². The van der Waals surface area contributed by atoms with Crippen LogP contribution in [-0.4, -0.2) is 24.5 Å². The van der Waals surface area contributed by atoms with E-state index in [4.69, 9.17) is 5.73 Å². The summed E-state index contributed by atoms with van der Waals surface area (Å²) >= 11 is 0. The molecule has 17 heavy (non-hydrogen) atoms. The molecule has 0 bridgehead atoms. The molecule has 1 heterocycles. The van der Waals surface area contributed by atoms with Crippen LogP contribution in [-0.2, 0) is 16.9 Å². The minimum atomic E-state index is -3.28. The normalized spacial score (nSPS) is 11.6. The van der Waals surface area contributed by atoms with E-state index in [1.807, 2.05) is 0 Å². The van der Waals surface area contributed by atoms with Crippen molar-refractivity contribution in [2.24, 2.45) is 7.05 Å². The fraction of sp³-hybridized carbons (Fsp3) is 0.182. The molecule has 2 rings (SSSR count). The summed E-state index contributed by atoms with van der Waals surface area (Å²) in [7, 11) is -1.57. The highest BCUT2D eigenvalue weighted by atomic mass is 32.2. The van der Waals surface area contributed by atoms with E-state index >= 15 is 0 Å². The van der Waals surface area contributed by atoms with Crippen molar-refractivity contribution in [3.8, 4) is 11.1 Å². The lowest BCUT2D eigenvalue weighted by molar-refractivity contribution is 0.602. The Morgan fingerprint density at radius 2 is 1.88 bits per heavy atom. The summed E-state index contributed by atoms with van der Waals surface area (Å²) in [5, 5.41) is 4.01. The summed E-state index contributed by atoms with van der Waals surface area (Å²) in [6, 6.07) is 6.75. The second-order valence-corrected chi connectivity index (χ2v) is 5.82. The van der Waals surface area contributed by atoms with Gasteiger partial charge in [-0.25, -0.2) is 8.42 Å². The van der Waals surface area contributed by atoms with Gasteiger partial charge >= 0.3 is 0 Å². The van der Waals surface area contributed by atoms with Crippen LogP contribution in [0.4, 0.5) is 5.82 Å². The lowest BCUT2D eigenvalue weighted by atomic mass is 10.1. The summed E-state index contributed by atoms with van der Waals surface area (Å²) in [5.74, 6) is 0.445. The Balaban J connectivity index is 2.73. The molecule has 0 saturated heterocycles. The van der Waals surface area contributed by atoms with Crippen molar-refractivity contribution in [3.05, 3.63) is 30.5 Å². The largest absolute Gasteiger partial charge is 0.383 e. The molecule has 0 aliphatic carbocycles. The zero-order chi connectivity index (χ0) is 12.6. The molecule has 0 aliphatic rings. The van der Waals surface area contributed by atoms with Gasteiger partial charge in [0.1, 0.15) is 5.82 Å². The fourth-order valence-corrected chi connectivity index (χ4v) is 2.57. The van der Waals surface area contributed by atoms with Crippen molar-refractivity contribution in [3.63, 3.8) is 0 Å². The number of nitrogens with zero attached hydrogens (tertiary/aromatic N) is 2. The summed E-state index contributed by atoms with van der Waals surface area (Å²) in [4.78, 5) is 0.264. The number of sulfone groups is 1. The van der Waals surface area contributed by atoms with Crippen LogP contribution in [0.1, 0.15) is 0 Å². The highest BCUT2D eigenvalue weighted by Crippen LogP contribution is 2.30. The molecule has 1 aromatic heterocycles. The first-order valence-corrected chi connectivity index (χ1v) is 6.87. The molecule has 5 nitrogen and oxygen atoms in total. The molecule has 90 valence electrons. The Morgan fingerprint density at radius 1 is 1.24 bits per heavy atom. The number of nitrogens with two attached hydrogens (primary N) is 1. The zero-order valence-corrected chi connectivity index (χ0v) is 10.4. The van der Waals surface area contributed by atoms with E-state index < -0.39 is 9.84 Å². The Hall–Kier alpha value is -1.82. The first-order valence-electron chi connectivity index (χ1n) is 4.98. The molecule has 0 amide bonds. The lowest BCUT2D eigenvalue weighted by Crippen LogP contribution is -2.02. The lowest BCUT2D eigenvalue weighted by Gasteiger charge is -2.06. The maximum absolute atomic E-state index is 11.7. The predicted molar refractivity (Wildman–Crippen MR) is 66.2 cm³/mol. The smallest absolute Gasteiger partial charge is 0.176 e. The van der Waals surface area contributed by atoms with Crippen molar-refractivity contribution in [1.29, 1.82) is 0 Å². The Labute approximate surface area is 99.8 Å². The molecule has 0 saturated carbocycles. The molecule has 1 aromatic carbocycles. The molecule has 2 aromatic rings. The van der Waals surface area contributed by atoms with Gasteiger partial charge in [0.15, 0.2) is 9.84 Å². The van der Waals surface area contributed by atoms with Crippen LogP contribution in [0.5, 0.6) is 0 Å². The van der Waals surface area contributed by atoms with Crippen molar-refractivity contribution in [1.82, 2.24) is 9.78 Å². The van der Waals surface area contributed by atoms with Gasteiger partial charge in [0.05, 0.1) is 11.1 Å². The molecule has 0 radical (unpaired) electrons. The average Bonchev–Trinajstić information content (AvgIpc) is 2.59. The highest BCUT2D eigenvalue weighted by molar-refractivity contribution is 7.90. The van der Waals surface area contributed by atoms with Crippen LogP contribution in [0.15, 0.2) is 35.4 Å². The van der Waals surface area contributed by atoms with Gasteiger partial charge in [-0.3, -0.25) is 4.68 Å². The Morgan fingerprint density at radius 3 is 2.41 bits per heavy atom. The molecular formula is C11H13N3O2S. The van der Waals surface area contributed by atoms with Crippen LogP contribution >= 0.6 is 0 Å². The van der Waals surface area contributed by atoms with Gasteiger partial charge < -0.3 is 5.73 Å². The molecule has 0 spiro atoms. The molecule has 0 atom stereocenters. The number of hydrogen-bond acceptors (Lipinski definition) is 4. The van der Waals surface area contributed by atoms with Crippen LogP contribution < -0.4 is 5.73 Å². The minimum absolute atomic E-state index is 0.264. The second kappa shape index (κ2) is 3.89. The Kier molecular flexibility index (Phi) is 2.66. The number of hydrogen-bond donors (Lipinski definition) is 1. The third kappa shape index (κ3) is 2.03. The average molecular weight is 251 g/mol. The number of aromatic nitrogens is 2. The van der Waals surface area contributed by atoms with Gasteiger partial charge in [0, 0.05) is 24.4 Å². The van der Waals surface area contributed by atoms with Gasteiger partial charge in [-0.1, -0.05) is 18.2 Å². The number of aryl methyl sites for hydroxylation is 1. The minimum Gasteiger partial charge on any atom is -0.383 e.